The van der Waals surface area contributed by atoms with Crippen LogP contribution >= 0.6 is 0 Å². The summed E-state index contributed by atoms with van der Waals surface area (Å²) in [5, 5.41) is 8.41. The van der Waals surface area contributed by atoms with Crippen LogP contribution in [0.2, 0.25) is 0 Å². The van der Waals surface area contributed by atoms with E-state index in [-0.39, 0.29) is 11.8 Å². The van der Waals surface area contributed by atoms with Gasteiger partial charge in [-0.25, -0.2) is 5.01 Å². The maximum atomic E-state index is 12.6. The van der Waals surface area contributed by atoms with E-state index in [0.29, 0.717) is 11.5 Å². The molecule has 1 aromatic heterocycles. The molecular formula is C17H18N4O2. The van der Waals surface area contributed by atoms with E-state index in [1.807, 2.05) is 61.1 Å². The summed E-state index contributed by atoms with van der Waals surface area (Å²) in [5.74, 6) is -0.168. The van der Waals surface area contributed by atoms with Gasteiger partial charge in [0, 0.05) is 25.7 Å². The Morgan fingerprint density at radius 3 is 2.48 bits per heavy atom. The van der Waals surface area contributed by atoms with Gasteiger partial charge < -0.3 is 9.88 Å². The molecule has 6 nitrogen and oxygen atoms in total. The van der Waals surface area contributed by atoms with Crippen LogP contribution in [-0.2, 0) is 16.6 Å². The second kappa shape index (κ2) is 5.72. The number of rotatable bonds is 2. The third kappa shape index (κ3) is 2.75. The smallest absolute Gasteiger partial charge is 0.256 e. The van der Waals surface area contributed by atoms with Crippen molar-refractivity contribution in [3.05, 3.63) is 59.4 Å². The van der Waals surface area contributed by atoms with Gasteiger partial charge in [0.1, 0.15) is 0 Å². The second-order valence-corrected chi connectivity index (χ2v) is 5.61. The average Bonchev–Trinajstić information content (AvgIpc) is 2.93. The molecule has 1 aliphatic heterocycles. The number of benzene rings is 1. The molecule has 0 aliphatic carbocycles. The Morgan fingerprint density at radius 2 is 1.91 bits per heavy atom. The molecule has 6 heteroatoms. The quantitative estimate of drug-likeness (QED) is 0.917. The monoisotopic (exact) mass is 310 g/mol. The van der Waals surface area contributed by atoms with Crippen LogP contribution in [0.15, 0.2) is 47.7 Å². The van der Waals surface area contributed by atoms with Crippen LogP contribution in [0.5, 0.6) is 0 Å². The zero-order valence-electron chi connectivity index (χ0n) is 13.3. The Morgan fingerprint density at radius 1 is 1.22 bits per heavy atom. The van der Waals surface area contributed by atoms with Crippen molar-refractivity contribution >= 4 is 17.6 Å². The first-order chi connectivity index (χ1) is 11.0. The largest absolute Gasteiger partial charge is 0.352 e. The van der Waals surface area contributed by atoms with Gasteiger partial charge in [-0.1, -0.05) is 29.8 Å². The zero-order chi connectivity index (χ0) is 16.6. The summed E-state index contributed by atoms with van der Waals surface area (Å²) < 4.78 is 1.81. The van der Waals surface area contributed by atoms with Crippen molar-refractivity contribution in [3.8, 4) is 0 Å². The van der Waals surface area contributed by atoms with Crippen LogP contribution in [0.1, 0.15) is 29.8 Å². The minimum atomic E-state index is -0.762. The van der Waals surface area contributed by atoms with Gasteiger partial charge in [0.2, 0.25) is 5.91 Å². The molecule has 23 heavy (non-hydrogen) atoms. The lowest BCUT2D eigenvalue weighted by molar-refractivity contribution is -0.140. The van der Waals surface area contributed by atoms with Gasteiger partial charge in [0.05, 0.1) is 5.69 Å². The van der Waals surface area contributed by atoms with E-state index < -0.39 is 6.04 Å². The molecule has 0 fully saturated rings. The third-order valence-electron chi connectivity index (χ3n) is 3.85. The molecule has 0 bridgehead atoms. The van der Waals surface area contributed by atoms with Crippen molar-refractivity contribution in [2.45, 2.75) is 19.9 Å². The Kier molecular flexibility index (Phi) is 3.73. The number of carbonyl (C=O) groups is 2. The standard InChI is InChI=1S/C17H18N4O2/c1-11-6-8-13(9-7-11)16-18-17(23)15(21(19-16)12(2)22)14-5-4-10-20(14)3/h4-10,15H,1-3H3,(H,18,19,23). The van der Waals surface area contributed by atoms with Crippen LogP contribution < -0.4 is 5.32 Å². The maximum absolute atomic E-state index is 12.6. The van der Waals surface area contributed by atoms with Crippen molar-refractivity contribution < 1.29 is 9.59 Å². The molecule has 1 N–H and O–H groups in total. The van der Waals surface area contributed by atoms with E-state index in [0.717, 1.165) is 11.1 Å². The van der Waals surface area contributed by atoms with Gasteiger partial charge >= 0.3 is 0 Å². The predicted octanol–water partition coefficient (Wildman–Crippen LogP) is 1.71. The average molecular weight is 310 g/mol. The van der Waals surface area contributed by atoms with Gasteiger partial charge in [0.25, 0.3) is 5.91 Å². The number of amides is 2. The van der Waals surface area contributed by atoms with E-state index in [2.05, 4.69) is 10.4 Å². The molecule has 1 atom stereocenters. The topological polar surface area (TPSA) is 66.7 Å². The summed E-state index contributed by atoms with van der Waals surface area (Å²) in [5.41, 5.74) is 2.59. The van der Waals surface area contributed by atoms with Crippen LogP contribution in [-0.4, -0.2) is 27.2 Å². The SMILES string of the molecule is CC(=O)N1N=C(c2ccc(C)cc2)NC(=O)C1c1cccn1C. The van der Waals surface area contributed by atoms with Crippen molar-refractivity contribution in [2.75, 3.05) is 0 Å². The van der Waals surface area contributed by atoms with Crippen molar-refractivity contribution in [3.63, 3.8) is 0 Å². The number of nitrogens with one attached hydrogen (secondary N) is 1. The fourth-order valence-corrected chi connectivity index (χ4v) is 2.60. The van der Waals surface area contributed by atoms with Gasteiger partial charge in [-0.05, 0) is 19.1 Å². The lowest BCUT2D eigenvalue weighted by atomic mass is 10.1. The first-order valence-electron chi connectivity index (χ1n) is 7.35. The van der Waals surface area contributed by atoms with Crippen molar-refractivity contribution in [2.24, 2.45) is 12.1 Å². The molecule has 3 rings (SSSR count). The molecule has 0 saturated heterocycles. The number of carbonyl (C=O) groups excluding carboxylic acids is 2. The molecule has 0 saturated carbocycles. The Balaban J connectivity index is 2.04. The van der Waals surface area contributed by atoms with E-state index in [4.69, 9.17) is 0 Å². The highest BCUT2D eigenvalue weighted by Gasteiger charge is 2.36. The van der Waals surface area contributed by atoms with Gasteiger partial charge in [-0.2, -0.15) is 5.10 Å². The van der Waals surface area contributed by atoms with Crippen LogP contribution in [0, 0.1) is 6.92 Å². The summed E-state index contributed by atoms with van der Waals surface area (Å²) in [6.45, 7) is 3.39. The number of hydrogen-bond donors (Lipinski definition) is 1. The first-order valence-corrected chi connectivity index (χ1v) is 7.35. The zero-order valence-corrected chi connectivity index (χ0v) is 13.3. The summed E-state index contributed by atoms with van der Waals surface area (Å²) in [6.07, 6.45) is 1.83. The van der Waals surface area contributed by atoms with Gasteiger partial charge in [0.15, 0.2) is 11.9 Å². The highest BCUT2D eigenvalue weighted by molar-refractivity contribution is 6.11. The molecule has 2 heterocycles. The Hall–Kier alpha value is -2.89. The summed E-state index contributed by atoms with van der Waals surface area (Å²) in [6, 6.07) is 10.5. The molecule has 2 amide bonds. The Labute approximate surface area is 134 Å². The summed E-state index contributed by atoms with van der Waals surface area (Å²) in [4.78, 5) is 24.6. The fourth-order valence-electron chi connectivity index (χ4n) is 2.60. The number of hydrazone groups is 1. The molecule has 0 radical (unpaired) electrons. The van der Waals surface area contributed by atoms with Crippen molar-refractivity contribution in [1.29, 1.82) is 0 Å². The molecule has 1 unspecified atom stereocenters. The van der Waals surface area contributed by atoms with E-state index in [9.17, 15) is 9.59 Å². The van der Waals surface area contributed by atoms with E-state index >= 15 is 0 Å². The minimum absolute atomic E-state index is 0.271. The highest BCUT2D eigenvalue weighted by Crippen LogP contribution is 2.25. The minimum Gasteiger partial charge on any atom is -0.352 e. The molecule has 1 aliphatic rings. The summed E-state index contributed by atoms with van der Waals surface area (Å²) in [7, 11) is 1.83. The molecule has 0 spiro atoms. The van der Waals surface area contributed by atoms with E-state index in [1.165, 1.54) is 11.9 Å². The first kappa shape index (κ1) is 15.0. The van der Waals surface area contributed by atoms with Crippen LogP contribution in [0.25, 0.3) is 0 Å². The van der Waals surface area contributed by atoms with Gasteiger partial charge in [-0.3, -0.25) is 9.59 Å². The molecule has 118 valence electrons. The number of nitrogens with zero attached hydrogens (tertiary/aromatic N) is 3. The number of aryl methyl sites for hydroxylation is 2. The second-order valence-electron chi connectivity index (χ2n) is 5.61. The third-order valence-corrected chi connectivity index (χ3v) is 3.85. The highest BCUT2D eigenvalue weighted by atomic mass is 16.2. The lowest BCUT2D eigenvalue weighted by Crippen LogP contribution is -2.49. The number of hydrogen-bond acceptors (Lipinski definition) is 3. The predicted molar refractivity (Wildman–Crippen MR) is 86.5 cm³/mol. The number of aromatic nitrogens is 1. The molecular weight excluding hydrogens is 292 g/mol. The fraction of sp³-hybridized carbons (Fsp3) is 0.235. The number of amidine groups is 1. The summed E-state index contributed by atoms with van der Waals surface area (Å²) >= 11 is 0. The lowest BCUT2D eigenvalue weighted by Gasteiger charge is -2.31. The van der Waals surface area contributed by atoms with Crippen LogP contribution in [0.3, 0.4) is 0 Å². The molecule has 2 aromatic rings. The normalized spacial score (nSPS) is 17.7. The van der Waals surface area contributed by atoms with E-state index in [1.54, 1.807) is 0 Å². The maximum Gasteiger partial charge on any atom is 0.256 e. The van der Waals surface area contributed by atoms with Crippen molar-refractivity contribution in [1.82, 2.24) is 14.9 Å². The van der Waals surface area contributed by atoms with Gasteiger partial charge in [-0.15, -0.1) is 0 Å². The Bertz CT molecular complexity index is 789. The van der Waals surface area contributed by atoms with Crippen LogP contribution in [0.4, 0.5) is 0 Å². The molecule has 1 aromatic carbocycles.